The zero-order valence-corrected chi connectivity index (χ0v) is 17.4. The monoisotopic (exact) mass is 408 g/mol. The number of aromatic nitrogens is 2. The van der Waals surface area contributed by atoms with E-state index in [-0.39, 0.29) is 0 Å². The lowest BCUT2D eigenvalue weighted by molar-refractivity contribution is 1.14. The Morgan fingerprint density at radius 3 is 2.12 bits per heavy atom. The Balaban J connectivity index is 1.62. The van der Waals surface area contributed by atoms with Gasteiger partial charge in [-0.25, -0.2) is 0 Å². The van der Waals surface area contributed by atoms with E-state index in [9.17, 15) is 0 Å². The largest absolute Gasteiger partial charge is 0.316 e. The van der Waals surface area contributed by atoms with E-state index in [4.69, 9.17) is 0 Å². The van der Waals surface area contributed by atoms with Crippen molar-refractivity contribution >= 4 is 43.5 Å². The van der Waals surface area contributed by atoms with E-state index in [1.807, 2.05) is 0 Å². The Hall–Kier alpha value is -4.30. The Kier molecular flexibility index (Phi) is 3.58. The van der Waals surface area contributed by atoms with Crippen LogP contribution < -0.4 is 0 Å². The van der Waals surface area contributed by atoms with E-state index in [2.05, 4.69) is 131 Å². The minimum Gasteiger partial charge on any atom is -0.316 e. The molecule has 2 heterocycles. The third kappa shape index (κ3) is 2.41. The maximum absolute atomic E-state index is 2.38. The molecule has 0 fully saturated rings. The summed E-state index contributed by atoms with van der Waals surface area (Å²) in [5, 5.41) is 6.34. The number of fused-ring (bicyclic) bond motifs is 6. The van der Waals surface area contributed by atoms with Gasteiger partial charge in [-0.2, -0.15) is 0 Å². The van der Waals surface area contributed by atoms with Gasteiger partial charge < -0.3 is 9.13 Å². The van der Waals surface area contributed by atoms with Crippen molar-refractivity contribution in [2.75, 3.05) is 0 Å². The summed E-state index contributed by atoms with van der Waals surface area (Å²) in [5.41, 5.74) is 6.08. The number of nitrogens with zero attached hydrogens (tertiary/aromatic N) is 2. The molecule has 0 bridgehead atoms. The van der Waals surface area contributed by atoms with E-state index in [0.717, 1.165) is 0 Å². The van der Waals surface area contributed by atoms with Gasteiger partial charge in [0.15, 0.2) is 0 Å². The normalized spacial score (nSPS) is 11.8. The summed E-state index contributed by atoms with van der Waals surface area (Å²) >= 11 is 0. The first-order valence-electron chi connectivity index (χ1n) is 11.0. The van der Waals surface area contributed by atoms with Gasteiger partial charge in [0, 0.05) is 33.7 Å². The van der Waals surface area contributed by atoms with Crippen molar-refractivity contribution in [3.05, 3.63) is 121 Å². The van der Waals surface area contributed by atoms with Crippen LogP contribution in [0.1, 0.15) is 0 Å². The standard InChI is InChI=1S/C30H20N2/c1-2-10-24(11-3-1)32-27-13-7-6-12-26(27)29-28(32)17-15-22-18-19-31(30(22)29)25-16-14-21-8-4-5-9-23(21)20-25/h1-20H. The summed E-state index contributed by atoms with van der Waals surface area (Å²) in [6.45, 7) is 0. The lowest BCUT2D eigenvalue weighted by Crippen LogP contribution is -1.94. The van der Waals surface area contributed by atoms with Crippen LogP contribution in [0.4, 0.5) is 0 Å². The van der Waals surface area contributed by atoms with Crippen molar-refractivity contribution in [3.63, 3.8) is 0 Å². The van der Waals surface area contributed by atoms with Gasteiger partial charge in [-0.1, -0.05) is 72.8 Å². The Bertz CT molecular complexity index is 1770. The number of benzene rings is 5. The van der Waals surface area contributed by atoms with Crippen LogP contribution in [0.25, 0.3) is 54.9 Å². The van der Waals surface area contributed by atoms with Gasteiger partial charge >= 0.3 is 0 Å². The predicted octanol–water partition coefficient (Wildman–Crippen LogP) is 7.88. The minimum atomic E-state index is 1.18. The molecule has 150 valence electrons. The Morgan fingerprint density at radius 1 is 0.469 bits per heavy atom. The molecule has 0 saturated carbocycles. The van der Waals surface area contributed by atoms with Gasteiger partial charge in [-0.15, -0.1) is 0 Å². The van der Waals surface area contributed by atoms with E-state index in [1.165, 1.54) is 54.9 Å². The second-order valence-corrected chi connectivity index (χ2v) is 8.30. The fourth-order valence-electron chi connectivity index (χ4n) is 5.08. The summed E-state index contributed by atoms with van der Waals surface area (Å²) in [5.74, 6) is 0. The van der Waals surface area contributed by atoms with Gasteiger partial charge in [0.2, 0.25) is 0 Å². The van der Waals surface area contributed by atoms with E-state index in [1.54, 1.807) is 0 Å². The quantitative estimate of drug-likeness (QED) is 0.275. The van der Waals surface area contributed by atoms with Gasteiger partial charge in [0.1, 0.15) is 0 Å². The highest BCUT2D eigenvalue weighted by Crippen LogP contribution is 2.38. The maximum Gasteiger partial charge on any atom is 0.0628 e. The van der Waals surface area contributed by atoms with Crippen molar-refractivity contribution in [2.45, 2.75) is 0 Å². The summed E-state index contributed by atoms with van der Waals surface area (Å²) in [6.07, 6.45) is 2.20. The molecule has 0 amide bonds. The molecule has 32 heavy (non-hydrogen) atoms. The lowest BCUT2D eigenvalue weighted by Gasteiger charge is -2.10. The zero-order chi connectivity index (χ0) is 21.1. The first kappa shape index (κ1) is 17.4. The average molecular weight is 409 g/mol. The predicted molar refractivity (Wildman–Crippen MR) is 135 cm³/mol. The first-order chi connectivity index (χ1) is 15.9. The van der Waals surface area contributed by atoms with Crippen LogP contribution in [-0.4, -0.2) is 9.13 Å². The lowest BCUT2D eigenvalue weighted by atomic mass is 10.1. The van der Waals surface area contributed by atoms with E-state index >= 15 is 0 Å². The molecule has 7 rings (SSSR count). The molecule has 0 unspecified atom stereocenters. The zero-order valence-electron chi connectivity index (χ0n) is 17.4. The summed E-state index contributed by atoms with van der Waals surface area (Å²) in [6, 6.07) is 41.3. The molecule has 0 aliphatic heterocycles. The van der Waals surface area contributed by atoms with Gasteiger partial charge in [0.05, 0.1) is 16.6 Å². The molecule has 0 aliphatic carbocycles. The number of rotatable bonds is 2. The molecule has 0 saturated heterocycles. The molecule has 0 radical (unpaired) electrons. The highest BCUT2D eigenvalue weighted by molar-refractivity contribution is 6.20. The molecular formula is C30H20N2. The first-order valence-corrected chi connectivity index (χ1v) is 11.0. The van der Waals surface area contributed by atoms with Crippen LogP contribution in [0, 0.1) is 0 Å². The van der Waals surface area contributed by atoms with Crippen LogP contribution in [0.5, 0.6) is 0 Å². The van der Waals surface area contributed by atoms with E-state index < -0.39 is 0 Å². The third-order valence-electron chi connectivity index (χ3n) is 6.51. The maximum atomic E-state index is 2.38. The van der Waals surface area contributed by atoms with Crippen LogP contribution in [0.2, 0.25) is 0 Å². The smallest absolute Gasteiger partial charge is 0.0628 e. The molecule has 0 N–H and O–H groups in total. The minimum absolute atomic E-state index is 1.18. The van der Waals surface area contributed by atoms with Crippen molar-refractivity contribution < 1.29 is 0 Å². The average Bonchev–Trinajstić information content (AvgIpc) is 3.43. The molecular weight excluding hydrogens is 388 g/mol. The molecule has 0 atom stereocenters. The summed E-state index contributed by atoms with van der Waals surface area (Å²) in [4.78, 5) is 0. The molecule has 0 aliphatic rings. The molecule has 2 heteroatoms. The third-order valence-corrected chi connectivity index (χ3v) is 6.51. The van der Waals surface area contributed by atoms with E-state index in [0.29, 0.717) is 0 Å². The fourth-order valence-corrected chi connectivity index (χ4v) is 5.08. The topological polar surface area (TPSA) is 9.86 Å². The van der Waals surface area contributed by atoms with Gasteiger partial charge in [-0.3, -0.25) is 0 Å². The van der Waals surface area contributed by atoms with Crippen molar-refractivity contribution in [1.82, 2.24) is 9.13 Å². The molecule has 2 aromatic heterocycles. The molecule has 5 aromatic carbocycles. The van der Waals surface area contributed by atoms with Crippen molar-refractivity contribution in [2.24, 2.45) is 0 Å². The van der Waals surface area contributed by atoms with Crippen LogP contribution >= 0.6 is 0 Å². The number of hydrogen-bond donors (Lipinski definition) is 0. The number of para-hydroxylation sites is 2. The van der Waals surface area contributed by atoms with Crippen LogP contribution in [0.3, 0.4) is 0 Å². The van der Waals surface area contributed by atoms with Crippen molar-refractivity contribution in [1.29, 1.82) is 0 Å². The van der Waals surface area contributed by atoms with Gasteiger partial charge in [0.25, 0.3) is 0 Å². The van der Waals surface area contributed by atoms with Crippen LogP contribution in [0.15, 0.2) is 121 Å². The second kappa shape index (κ2) is 6.60. The second-order valence-electron chi connectivity index (χ2n) is 8.30. The summed E-state index contributed by atoms with van der Waals surface area (Å²) < 4.78 is 4.72. The number of hydrogen-bond acceptors (Lipinski definition) is 0. The molecule has 2 nitrogen and oxygen atoms in total. The Morgan fingerprint density at radius 2 is 1.22 bits per heavy atom. The highest BCUT2D eigenvalue weighted by atomic mass is 15.0. The van der Waals surface area contributed by atoms with Crippen molar-refractivity contribution in [3.8, 4) is 11.4 Å². The SMILES string of the molecule is c1ccc(-n2c3ccccc3c3c4c(ccc32)ccn4-c2ccc3ccccc3c2)cc1. The molecule has 0 spiro atoms. The highest BCUT2D eigenvalue weighted by Gasteiger charge is 2.17. The Labute approximate surface area is 185 Å². The fraction of sp³-hybridized carbons (Fsp3) is 0. The summed E-state index contributed by atoms with van der Waals surface area (Å²) in [7, 11) is 0. The van der Waals surface area contributed by atoms with Crippen LogP contribution in [-0.2, 0) is 0 Å². The molecule has 7 aromatic rings. The van der Waals surface area contributed by atoms with Gasteiger partial charge in [-0.05, 0) is 53.2 Å².